The van der Waals surface area contributed by atoms with E-state index in [1.165, 1.54) is 0 Å². The minimum Gasteiger partial charge on any atom is -0.495 e. The van der Waals surface area contributed by atoms with Crippen molar-refractivity contribution >= 4 is 36.4 Å². The molecule has 7 heteroatoms. The lowest BCUT2D eigenvalue weighted by molar-refractivity contribution is -0.129. The maximum absolute atomic E-state index is 12.2. The minimum atomic E-state index is 0. The molecule has 0 spiro atoms. The summed E-state index contributed by atoms with van der Waals surface area (Å²) in [6.07, 6.45) is 2.05. The molecule has 0 aliphatic carbocycles. The van der Waals surface area contributed by atoms with Crippen LogP contribution in [0.25, 0.3) is 0 Å². The van der Waals surface area contributed by atoms with Gasteiger partial charge in [-0.05, 0) is 25.0 Å². The molecule has 0 radical (unpaired) electrons. The number of carbonyl (C=O) groups excluding carboxylic acids is 1. The van der Waals surface area contributed by atoms with Gasteiger partial charge in [0.2, 0.25) is 5.91 Å². The van der Waals surface area contributed by atoms with E-state index in [4.69, 9.17) is 10.5 Å². The molecule has 1 aliphatic heterocycles. The van der Waals surface area contributed by atoms with Crippen molar-refractivity contribution in [1.29, 1.82) is 0 Å². The van der Waals surface area contributed by atoms with Crippen molar-refractivity contribution in [2.45, 2.75) is 18.9 Å². The second-order valence-corrected chi connectivity index (χ2v) is 4.67. The molecule has 0 saturated carbocycles. The van der Waals surface area contributed by atoms with Crippen LogP contribution in [0, 0.1) is 0 Å². The molecular formula is C14H23Cl2N3O2. The molecule has 1 amide bonds. The van der Waals surface area contributed by atoms with Crippen molar-refractivity contribution in [3.63, 3.8) is 0 Å². The number of amides is 1. The van der Waals surface area contributed by atoms with Crippen LogP contribution in [-0.4, -0.2) is 43.6 Å². The van der Waals surface area contributed by atoms with Crippen molar-refractivity contribution in [2.75, 3.05) is 32.1 Å². The van der Waals surface area contributed by atoms with E-state index in [-0.39, 0.29) is 43.3 Å². The van der Waals surface area contributed by atoms with Gasteiger partial charge in [-0.25, -0.2) is 0 Å². The predicted octanol–water partition coefficient (Wildman–Crippen LogP) is 1.90. The first-order valence-corrected chi connectivity index (χ1v) is 6.62. The summed E-state index contributed by atoms with van der Waals surface area (Å²) in [5.41, 5.74) is 6.52. The number of hydrogen-bond acceptors (Lipinski definition) is 4. The Balaban J connectivity index is 0.00000200. The van der Waals surface area contributed by atoms with E-state index in [1.807, 2.05) is 29.2 Å². The fourth-order valence-electron chi connectivity index (χ4n) is 2.47. The van der Waals surface area contributed by atoms with Crippen LogP contribution in [0.5, 0.6) is 5.75 Å². The van der Waals surface area contributed by atoms with Gasteiger partial charge in [0.15, 0.2) is 0 Å². The van der Waals surface area contributed by atoms with Gasteiger partial charge in [-0.1, -0.05) is 12.1 Å². The van der Waals surface area contributed by atoms with Crippen LogP contribution in [0.4, 0.5) is 5.69 Å². The van der Waals surface area contributed by atoms with E-state index in [2.05, 4.69) is 5.32 Å². The monoisotopic (exact) mass is 335 g/mol. The predicted molar refractivity (Wildman–Crippen MR) is 89.8 cm³/mol. The minimum absolute atomic E-state index is 0. The Hall–Kier alpha value is -1.17. The SMILES string of the molecule is COc1ccccc1NCC(=O)N1CCCC1CN.Cl.Cl. The highest BCUT2D eigenvalue weighted by Gasteiger charge is 2.27. The molecule has 120 valence electrons. The van der Waals surface area contributed by atoms with Gasteiger partial charge in [0.25, 0.3) is 0 Å². The Morgan fingerprint density at radius 3 is 2.81 bits per heavy atom. The zero-order chi connectivity index (χ0) is 13.7. The maximum Gasteiger partial charge on any atom is 0.242 e. The lowest BCUT2D eigenvalue weighted by atomic mass is 10.2. The summed E-state index contributed by atoms with van der Waals surface area (Å²) in [4.78, 5) is 14.0. The van der Waals surface area contributed by atoms with E-state index >= 15 is 0 Å². The molecule has 0 bridgehead atoms. The normalized spacial score (nSPS) is 16.7. The Morgan fingerprint density at radius 1 is 1.43 bits per heavy atom. The third kappa shape index (κ3) is 4.95. The number of hydrogen-bond donors (Lipinski definition) is 2. The third-order valence-electron chi connectivity index (χ3n) is 3.51. The van der Waals surface area contributed by atoms with Crippen molar-refractivity contribution in [2.24, 2.45) is 5.73 Å². The van der Waals surface area contributed by atoms with Crippen LogP contribution >= 0.6 is 24.8 Å². The molecular weight excluding hydrogens is 313 g/mol. The number of para-hydroxylation sites is 2. The Labute approximate surface area is 138 Å². The van der Waals surface area contributed by atoms with Gasteiger partial charge in [0.1, 0.15) is 5.75 Å². The van der Waals surface area contributed by atoms with E-state index in [9.17, 15) is 4.79 Å². The van der Waals surface area contributed by atoms with E-state index in [1.54, 1.807) is 7.11 Å². The molecule has 1 aliphatic rings. The van der Waals surface area contributed by atoms with Crippen LogP contribution in [-0.2, 0) is 4.79 Å². The second-order valence-electron chi connectivity index (χ2n) is 4.67. The Bertz CT molecular complexity index is 446. The zero-order valence-corrected chi connectivity index (χ0v) is 13.7. The number of methoxy groups -OCH3 is 1. The summed E-state index contributed by atoms with van der Waals surface area (Å²) >= 11 is 0. The molecule has 21 heavy (non-hydrogen) atoms. The topological polar surface area (TPSA) is 67.6 Å². The van der Waals surface area contributed by atoms with Gasteiger partial charge < -0.3 is 20.7 Å². The number of nitrogens with zero attached hydrogens (tertiary/aromatic N) is 1. The molecule has 0 aromatic heterocycles. The van der Waals surface area contributed by atoms with Gasteiger partial charge in [-0.2, -0.15) is 0 Å². The number of rotatable bonds is 5. The van der Waals surface area contributed by atoms with Gasteiger partial charge in [0, 0.05) is 19.1 Å². The number of halogens is 2. The highest BCUT2D eigenvalue weighted by Crippen LogP contribution is 2.23. The average molecular weight is 336 g/mol. The van der Waals surface area contributed by atoms with Crippen molar-refractivity contribution in [3.8, 4) is 5.75 Å². The molecule has 1 atom stereocenters. The van der Waals surface area contributed by atoms with Crippen molar-refractivity contribution < 1.29 is 9.53 Å². The first kappa shape index (κ1) is 19.8. The third-order valence-corrected chi connectivity index (χ3v) is 3.51. The molecule has 1 unspecified atom stereocenters. The standard InChI is InChI=1S/C14H21N3O2.2ClH/c1-19-13-7-3-2-6-12(13)16-10-14(18)17-8-4-5-11(17)9-15;;/h2-3,6-7,11,16H,4-5,8-10,15H2,1H3;2*1H. The highest BCUT2D eigenvalue weighted by atomic mass is 35.5. The molecule has 1 aromatic rings. The van der Waals surface area contributed by atoms with Gasteiger partial charge in [-0.15, -0.1) is 24.8 Å². The number of nitrogens with one attached hydrogen (secondary N) is 1. The molecule has 1 aromatic carbocycles. The highest BCUT2D eigenvalue weighted by molar-refractivity contribution is 5.85. The second kappa shape index (κ2) is 9.71. The largest absolute Gasteiger partial charge is 0.495 e. The summed E-state index contributed by atoms with van der Waals surface area (Å²) in [7, 11) is 1.62. The van der Waals surface area contributed by atoms with Crippen LogP contribution in [0.15, 0.2) is 24.3 Å². The van der Waals surface area contributed by atoms with Gasteiger partial charge in [0.05, 0.1) is 19.3 Å². The zero-order valence-electron chi connectivity index (χ0n) is 12.1. The summed E-state index contributed by atoms with van der Waals surface area (Å²) < 4.78 is 5.24. The maximum atomic E-state index is 12.2. The molecule has 1 fully saturated rings. The first-order valence-electron chi connectivity index (χ1n) is 6.62. The van der Waals surface area contributed by atoms with Crippen LogP contribution in [0.1, 0.15) is 12.8 Å². The average Bonchev–Trinajstić information content (AvgIpc) is 2.93. The van der Waals surface area contributed by atoms with Crippen LogP contribution in [0.2, 0.25) is 0 Å². The smallest absolute Gasteiger partial charge is 0.242 e. The van der Waals surface area contributed by atoms with Crippen molar-refractivity contribution in [1.82, 2.24) is 4.90 Å². The number of likely N-dealkylation sites (tertiary alicyclic amines) is 1. The van der Waals surface area contributed by atoms with Gasteiger partial charge >= 0.3 is 0 Å². The Morgan fingerprint density at radius 2 is 2.14 bits per heavy atom. The van der Waals surface area contributed by atoms with Crippen LogP contribution < -0.4 is 15.8 Å². The molecule has 1 saturated heterocycles. The molecule has 3 N–H and O–H groups in total. The number of benzene rings is 1. The van der Waals surface area contributed by atoms with E-state index < -0.39 is 0 Å². The number of carbonyl (C=O) groups is 1. The molecule has 1 heterocycles. The number of anilines is 1. The summed E-state index contributed by atoms with van der Waals surface area (Å²) in [6.45, 7) is 1.63. The lowest BCUT2D eigenvalue weighted by Crippen LogP contribution is -2.42. The molecule has 2 rings (SSSR count). The number of ether oxygens (including phenoxy) is 1. The van der Waals surface area contributed by atoms with Crippen LogP contribution in [0.3, 0.4) is 0 Å². The lowest BCUT2D eigenvalue weighted by Gasteiger charge is -2.24. The van der Waals surface area contributed by atoms with E-state index in [0.717, 1.165) is 30.8 Å². The van der Waals surface area contributed by atoms with Crippen molar-refractivity contribution in [3.05, 3.63) is 24.3 Å². The fourth-order valence-corrected chi connectivity index (χ4v) is 2.47. The fraction of sp³-hybridized carbons (Fsp3) is 0.500. The summed E-state index contributed by atoms with van der Waals surface area (Å²) in [5, 5.41) is 3.13. The Kier molecular flexibility index (Phi) is 9.17. The first-order chi connectivity index (χ1) is 9.26. The van der Waals surface area contributed by atoms with Gasteiger partial charge in [-0.3, -0.25) is 4.79 Å². The molecule has 5 nitrogen and oxygen atoms in total. The quantitative estimate of drug-likeness (QED) is 0.862. The summed E-state index contributed by atoms with van der Waals surface area (Å²) in [5.74, 6) is 0.839. The van der Waals surface area contributed by atoms with E-state index in [0.29, 0.717) is 6.54 Å². The summed E-state index contributed by atoms with van der Waals surface area (Å²) in [6, 6.07) is 7.78. The number of nitrogens with two attached hydrogens (primary N) is 1.